The van der Waals surface area contributed by atoms with Crippen LogP contribution in [0.15, 0.2) is 60.7 Å². The first-order chi connectivity index (χ1) is 14.4. The number of hydrogen-bond acceptors (Lipinski definition) is 1. The number of aryl methyl sites for hydroxylation is 2. The summed E-state index contributed by atoms with van der Waals surface area (Å²) in [6.45, 7) is 4.85. The van der Waals surface area contributed by atoms with Gasteiger partial charge in [0.25, 0.3) is 0 Å². The van der Waals surface area contributed by atoms with Crippen molar-refractivity contribution >= 4 is 21.8 Å². The zero-order valence-electron chi connectivity index (χ0n) is 17.2. The second-order valence-electron chi connectivity index (χ2n) is 8.48. The predicted octanol–water partition coefficient (Wildman–Crippen LogP) is 5.78. The number of aromatic nitrogens is 2. The Kier molecular flexibility index (Phi) is 5.40. The summed E-state index contributed by atoms with van der Waals surface area (Å²) < 4.78 is 2.58. The Morgan fingerprint density at radius 1 is 0.759 bits per heavy atom. The second kappa shape index (κ2) is 8.46. The fourth-order valence-corrected chi connectivity index (χ4v) is 4.88. The molecule has 0 bridgehead atoms. The van der Waals surface area contributed by atoms with E-state index in [2.05, 4.69) is 75.1 Å². The molecule has 0 unspecified atom stereocenters. The lowest BCUT2D eigenvalue weighted by atomic mass is 10.1. The smallest absolute Gasteiger partial charge is 0.0482 e. The standard InChI is InChI=1S/C26H31N3/c1-5-13-25-21(9-1)19-23(27-25)11-3-4-12-24-20-22-10-2-6-14-26(22)29(24)18-17-28-15-7-8-16-28/h1-2,5-6,9-10,13-14,19-20,27H,3-4,7-8,11-12,15-18H2. The topological polar surface area (TPSA) is 24.0 Å². The number of benzene rings is 2. The van der Waals surface area contributed by atoms with Gasteiger partial charge in [0.1, 0.15) is 0 Å². The number of nitrogens with zero attached hydrogens (tertiary/aromatic N) is 2. The van der Waals surface area contributed by atoms with Crippen molar-refractivity contribution in [1.82, 2.24) is 14.5 Å². The number of likely N-dealkylation sites (tertiary alicyclic amines) is 1. The minimum absolute atomic E-state index is 1.12. The van der Waals surface area contributed by atoms with Crippen LogP contribution in [0, 0.1) is 0 Å². The first-order valence-corrected chi connectivity index (χ1v) is 11.2. The van der Waals surface area contributed by atoms with Gasteiger partial charge in [-0.1, -0.05) is 36.4 Å². The van der Waals surface area contributed by atoms with Crippen molar-refractivity contribution in [2.45, 2.75) is 45.1 Å². The highest BCUT2D eigenvalue weighted by Crippen LogP contribution is 2.23. The molecule has 1 N–H and O–H groups in total. The number of unbranched alkanes of at least 4 members (excludes halogenated alkanes) is 1. The molecule has 150 valence electrons. The highest BCUT2D eigenvalue weighted by Gasteiger charge is 2.13. The van der Waals surface area contributed by atoms with Crippen molar-refractivity contribution in [3.63, 3.8) is 0 Å². The summed E-state index contributed by atoms with van der Waals surface area (Å²) in [5, 5.41) is 2.71. The Morgan fingerprint density at radius 2 is 1.52 bits per heavy atom. The van der Waals surface area contributed by atoms with Crippen LogP contribution in [0.3, 0.4) is 0 Å². The van der Waals surface area contributed by atoms with Gasteiger partial charge in [0, 0.05) is 35.5 Å². The van der Waals surface area contributed by atoms with Crippen LogP contribution in [0.5, 0.6) is 0 Å². The van der Waals surface area contributed by atoms with Crippen molar-refractivity contribution in [2.75, 3.05) is 19.6 Å². The van der Waals surface area contributed by atoms with E-state index in [1.807, 2.05) is 0 Å². The van der Waals surface area contributed by atoms with Gasteiger partial charge in [0.2, 0.25) is 0 Å². The van der Waals surface area contributed by atoms with Gasteiger partial charge in [-0.3, -0.25) is 0 Å². The lowest BCUT2D eigenvalue weighted by molar-refractivity contribution is 0.323. The largest absolute Gasteiger partial charge is 0.358 e. The molecule has 5 rings (SSSR count). The summed E-state index contributed by atoms with van der Waals surface area (Å²) in [7, 11) is 0. The molecular weight excluding hydrogens is 354 g/mol. The predicted molar refractivity (Wildman–Crippen MR) is 123 cm³/mol. The van der Waals surface area contributed by atoms with Crippen molar-refractivity contribution in [2.24, 2.45) is 0 Å². The van der Waals surface area contributed by atoms with Crippen LogP contribution < -0.4 is 0 Å². The van der Waals surface area contributed by atoms with Crippen LogP contribution in [0.1, 0.15) is 37.1 Å². The van der Waals surface area contributed by atoms with Crippen LogP contribution in [-0.2, 0) is 19.4 Å². The maximum atomic E-state index is 3.57. The molecule has 0 radical (unpaired) electrons. The normalized spacial score (nSPS) is 15.0. The highest BCUT2D eigenvalue weighted by atomic mass is 15.2. The minimum Gasteiger partial charge on any atom is -0.358 e. The Hall–Kier alpha value is -2.52. The van der Waals surface area contributed by atoms with Gasteiger partial charge in [0.15, 0.2) is 0 Å². The molecule has 0 amide bonds. The molecular formula is C26H31N3. The number of rotatable bonds is 8. The highest BCUT2D eigenvalue weighted by molar-refractivity contribution is 5.81. The number of para-hydroxylation sites is 2. The fourth-order valence-electron chi connectivity index (χ4n) is 4.88. The molecule has 3 heteroatoms. The van der Waals surface area contributed by atoms with Crippen LogP contribution in [-0.4, -0.2) is 34.1 Å². The third-order valence-electron chi connectivity index (χ3n) is 6.45. The van der Waals surface area contributed by atoms with Gasteiger partial charge >= 0.3 is 0 Å². The van der Waals surface area contributed by atoms with Gasteiger partial charge < -0.3 is 14.5 Å². The molecule has 1 fully saturated rings. The molecule has 2 aromatic carbocycles. The summed E-state index contributed by atoms with van der Waals surface area (Å²) in [6.07, 6.45) is 7.48. The Balaban J connectivity index is 1.23. The molecule has 3 heterocycles. The average Bonchev–Trinajstić information content (AvgIpc) is 3.47. The van der Waals surface area contributed by atoms with Crippen LogP contribution in [0.25, 0.3) is 21.8 Å². The van der Waals surface area contributed by atoms with E-state index in [0.717, 1.165) is 19.4 Å². The maximum Gasteiger partial charge on any atom is 0.0482 e. The number of nitrogens with one attached hydrogen (secondary N) is 1. The molecule has 4 aromatic rings. The monoisotopic (exact) mass is 385 g/mol. The first kappa shape index (κ1) is 18.5. The van der Waals surface area contributed by atoms with E-state index in [1.165, 1.54) is 78.5 Å². The molecule has 2 aromatic heterocycles. The van der Waals surface area contributed by atoms with Crippen molar-refractivity contribution in [3.05, 3.63) is 72.1 Å². The quantitative estimate of drug-likeness (QED) is 0.382. The van der Waals surface area contributed by atoms with E-state index in [-0.39, 0.29) is 0 Å². The van der Waals surface area contributed by atoms with Crippen LogP contribution in [0.2, 0.25) is 0 Å². The summed E-state index contributed by atoms with van der Waals surface area (Å²) >= 11 is 0. The summed E-state index contributed by atoms with van der Waals surface area (Å²) in [5.41, 5.74) is 5.52. The number of H-pyrrole nitrogens is 1. The van der Waals surface area contributed by atoms with E-state index in [1.54, 1.807) is 0 Å². The maximum absolute atomic E-state index is 3.57. The fraction of sp³-hybridized carbons (Fsp3) is 0.385. The first-order valence-electron chi connectivity index (χ1n) is 11.2. The zero-order valence-corrected chi connectivity index (χ0v) is 17.2. The van der Waals surface area contributed by atoms with E-state index in [4.69, 9.17) is 0 Å². The number of hydrogen-bond donors (Lipinski definition) is 1. The van der Waals surface area contributed by atoms with Gasteiger partial charge in [0.05, 0.1) is 0 Å². The lowest BCUT2D eigenvalue weighted by Crippen LogP contribution is -2.24. The van der Waals surface area contributed by atoms with Crippen LogP contribution >= 0.6 is 0 Å². The summed E-state index contributed by atoms with van der Waals surface area (Å²) in [6, 6.07) is 22.2. The number of fused-ring (bicyclic) bond motifs is 2. The molecule has 1 aliphatic heterocycles. The van der Waals surface area contributed by atoms with Gasteiger partial charge in [-0.2, -0.15) is 0 Å². The molecule has 0 saturated carbocycles. The van der Waals surface area contributed by atoms with E-state index < -0.39 is 0 Å². The molecule has 3 nitrogen and oxygen atoms in total. The zero-order chi connectivity index (χ0) is 19.5. The SMILES string of the molecule is c1ccc2[nH]c(CCCCc3cc4ccccc4n3CCN3CCCC3)cc2c1. The lowest BCUT2D eigenvalue weighted by Gasteiger charge is -2.17. The van der Waals surface area contributed by atoms with Gasteiger partial charge in [-0.15, -0.1) is 0 Å². The molecule has 1 saturated heterocycles. The second-order valence-corrected chi connectivity index (χ2v) is 8.48. The third-order valence-corrected chi connectivity index (χ3v) is 6.45. The van der Waals surface area contributed by atoms with Crippen molar-refractivity contribution in [3.8, 4) is 0 Å². The summed E-state index contributed by atoms with van der Waals surface area (Å²) in [5.74, 6) is 0. The minimum atomic E-state index is 1.12. The van der Waals surface area contributed by atoms with Crippen molar-refractivity contribution in [1.29, 1.82) is 0 Å². The Bertz CT molecular complexity index is 1050. The van der Waals surface area contributed by atoms with E-state index in [9.17, 15) is 0 Å². The Morgan fingerprint density at radius 3 is 2.38 bits per heavy atom. The summed E-state index contributed by atoms with van der Waals surface area (Å²) in [4.78, 5) is 6.19. The van der Waals surface area contributed by atoms with E-state index >= 15 is 0 Å². The van der Waals surface area contributed by atoms with Crippen molar-refractivity contribution < 1.29 is 0 Å². The molecule has 0 atom stereocenters. The van der Waals surface area contributed by atoms with E-state index in [0.29, 0.717) is 0 Å². The average molecular weight is 386 g/mol. The molecule has 1 aliphatic rings. The Labute approximate surface area is 173 Å². The van der Waals surface area contributed by atoms with Gasteiger partial charge in [-0.25, -0.2) is 0 Å². The molecule has 0 aliphatic carbocycles. The van der Waals surface area contributed by atoms with Gasteiger partial charge in [-0.05, 0) is 86.7 Å². The molecule has 29 heavy (non-hydrogen) atoms. The third kappa shape index (κ3) is 4.11. The van der Waals surface area contributed by atoms with Crippen LogP contribution in [0.4, 0.5) is 0 Å². The number of aromatic amines is 1. The molecule has 0 spiro atoms.